The number of hydrogen-bond acceptors (Lipinski definition) is 4. The summed E-state index contributed by atoms with van der Waals surface area (Å²) in [5, 5.41) is 0. The lowest BCUT2D eigenvalue weighted by Crippen LogP contribution is -2.53. The number of carbonyl (C=O) groups excluding carboxylic acids is 2. The summed E-state index contributed by atoms with van der Waals surface area (Å²) >= 11 is 0. The van der Waals surface area contributed by atoms with Crippen LogP contribution in [-0.4, -0.2) is 40.8 Å². The highest BCUT2D eigenvalue weighted by molar-refractivity contribution is 6.02. The molecule has 5 nitrogen and oxygen atoms in total. The Morgan fingerprint density at radius 3 is 2.46 bits per heavy atom. The van der Waals surface area contributed by atoms with Gasteiger partial charge in [-0.3, -0.25) is 9.69 Å². The molecule has 1 unspecified atom stereocenters. The molecule has 0 bridgehead atoms. The third kappa shape index (κ3) is 4.61. The second-order valence-corrected chi connectivity index (χ2v) is 7.83. The maximum Gasteiger partial charge on any atom is 0.413 e. The zero-order valence-electron chi connectivity index (χ0n) is 16.2. The maximum atomic E-state index is 13.2. The molecule has 1 aliphatic rings. The van der Waals surface area contributed by atoms with E-state index in [0.29, 0.717) is 12.0 Å². The van der Waals surface area contributed by atoms with Crippen molar-refractivity contribution in [2.45, 2.75) is 71.2 Å². The Balaban J connectivity index is 2.32. The topological polar surface area (TPSA) is 55.8 Å². The van der Waals surface area contributed by atoms with Crippen molar-refractivity contribution in [1.82, 2.24) is 4.90 Å². The van der Waals surface area contributed by atoms with Gasteiger partial charge in [-0.25, -0.2) is 9.18 Å². The SMILES string of the molecule is CCCCC1(C)OC[C@@H](C(=O)c2ccc(F)cc2)N1C(=O)OC(C)(C)C. The summed E-state index contributed by atoms with van der Waals surface area (Å²) in [4.78, 5) is 27.2. The Kier molecular flexibility index (Phi) is 6.06. The molecule has 144 valence electrons. The van der Waals surface area contributed by atoms with E-state index in [4.69, 9.17) is 9.47 Å². The van der Waals surface area contributed by atoms with Gasteiger partial charge in [0.05, 0.1) is 6.61 Å². The van der Waals surface area contributed by atoms with E-state index in [1.807, 2.05) is 6.92 Å². The molecule has 0 spiro atoms. The molecule has 1 aromatic carbocycles. The van der Waals surface area contributed by atoms with E-state index in [0.717, 1.165) is 12.8 Å². The number of hydrogen-bond donors (Lipinski definition) is 0. The van der Waals surface area contributed by atoms with Crippen molar-refractivity contribution in [2.24, 2.45) is 0 Å². The summed E-state index contributed by atoms with van der Waals surface area (Å²) in [5.74, 6) is -0.697. The molecule has 0 aromatic heterocycles. The van der Waals surface area contributed by atoms with E-state index >= 15 is 0 Å². The number of ketones is 1. The average Bonchev–Trinajstić information content (AvgIpc) is 2.89. The summed E-state index contributed by atoms with van der Waals surface area (Å²) in [5.41, 5.74) is -1.25. The predicted molar refractivity (Wildman–Crippen MR) is 96.5 cm³/mol. The minimum Gasteiger partial charge on any atom is -0.444 e. The van der Waals surface area contributed by atoms with Crippen LogP contribution in [0.4, 0.5) is 9.18 Å². The van der Waals surface area contributed by atoms with Crippen LogP contribution >= 0.6 is 0 Å². The predicted octanol–water partition coefficient (Wildman–Crippen LogP) is 4.55. The Morgan fingerprint density at radius 2 is 1.92 bits per heavy atom. The molecular weight excluding hydrogens is 337 g/mol. The highest BCUT2D eigenvalue weighted by Gasteiger charge is 2.50. The van der Waals surface area contributed by atoms with Crippen LogP contribution in [0.3, 0.4) is 0 Å². The number of Topliss-reactive ketones (excluding diaryl/α,β-unsaturated/α-hetero) is 1. The van der Waals surface area contributed by atoms with Gasteiger partial charge in [0.15, 0.2) is 5.78 Å². The molecule has 0 N–H and O–H groups in total. The van der Waals surface area contributed by atoms with E-state index in [9.17, 15) is 14.0 Å². The normalized spacial score (nSPS) is 23.2. The number of unbranched alkanes of at least 4 members (excludes halogenated alkanes) is 1. The minimum atomic E-state index is -0.904. The fraction of sp³-hybridized carbons (Fsp3) is 0.600. The van der Waals surface area contributed by atoms with Gasteiger partial charge < -0.3 is 9.47 Å². The first kappa shape index (κ1) is 20.4. The molecule has 6 heteroatoms. The van der Waals surface area contributed by atoms with Crippen molar-refractivity contribution in [3.05, 3.63) is 35.6 Å². The van der Waals surface area contributed by atoms with E-state index in [1.165, 1.54) is 29.2 Å². The Labute approximate surface area is 154 Å². The number of nitrogens with zero attached hydrogens (tertiary/aromatic N) is 1. The average molecular weight is 365 g/mol. The first-order chi connectivity index (χ1) is 12.1. The molecule has 0 radical (unpaired) electrons. The van der Waals surface area contributed by atoms with E-state index in [1.54, 1.807) is 20.8 Å². The molecule has 0 saturated carbocycles. The highest BCUT2D eigenvalue weighted by atomic mass is 19.1. The number of rotatable bonds is 5. The fourth-order valence-electron chi connectivity index (χ4n) is 3.06. The van der Waals surface area contributed by atoms with E-state index in [2.05, 4.69) is 6.92 Å². The van der Waals surface area contributed by atoms with Gasteiger partial charge >= 0.3 is 6.09 Å². The summed E-state index contributed by atoms with van der Waals surface area (Å²) in [6, 6.07) is 4.52. The molecule has 1 heterocycles. The molecule has 1 fully saturated rings. The lowest BCUT2D eigenvalue weighted by atomic mass is 10.0. The van der Waals surface area contributed by atoms with Crippen LogP contribution in [0.15, 0.2) is 24.3 Å². The molecule has 1 saturated heterocycles. The van der Waals surface area contributed by atoms with Gasteiger partial charge in [-0.05, 0) is 64.8 Å². The van der Waals surface area contributed by atoms with E-state index in [-0.39, 0.29) is 12.4 Å². The van der Waals surface area contributed by atoms with Gasteiger partial charge in [0.2, 0.25) is 0 Å². The quantitative estimate of drug-likeness (QED) is 0.718. The van der Waals surface area contributed by atoms with Crippen LogP contribution in [0.25, 0.3) is 0 Å². The number of ether oxygens (including phenoxy) is 2. The summed E-state index contributed by atoms with van der Waals surface area (Å²) < 4.78 is 24.6. The lowest BCUT2D eigenvalue weighted by molar-refractivity contribution is -0.0797. The number of amides is 1. The summed E-state index contributed by atoms with van der Waals surface area (Å²) in [7, 11) is 0. The van der Waals surface area contributed by atoms with E-state index < -0.39 is 29.3 Å². The standard InChI is InChI=1S/C20H28FNO4/c1-6-7-12-20(5)22(18(24)26-19(2,3)4)16(13-25-20)17(23)14-8-10-15(21)11-9-14/h8-11,16H,6-7,12-13H2,1-5H3/t16-,20?/m0/s1. The molecule has 1 aliphatic heterocycles. The van der Waals surface area contributed by atoms with Crippen LogP contribution in [0.2, 0.25) is 0 Å². The second-order valence-electron chi connectivity index (χ2n) is 7.83. The molecular formula is C20H28FNO4. The van der Waals surface area contributed by atoms with Crippen molar-refractivity contribution < 1.29 is 23.5 Å². The van der Waals surface area contributed by atoms with Crippen LogP contribution in [0.1, 0.15) is 64.2 Å². The molecule has 0 aliphatic carbocycles. The highest BCUT2D eigenvalue weighted by Crippen LogP contribution is 2.35. The maximum absolute atomic E-state index is 13.2. The zero-order chi connectivity index (χ0) is 19.5. The zero-order valence-corrected chi connectivity index (χ0v) is 16.2. The first-order valence-corrected chi connectivity index (χ1v) is 9.03. The number of halogens is 1. The Bertz CT molecular complexity index is 653. The lowest BCUT2D eigenvalue weighted by Gasteiger charge is -2.37. The van der Waals surface area contributed by atoms with Gasteiger partial charge in [0.1, 0.15) is 23.2 Å². The first-order valence-electron chi connectivity index (χ1n) is 9.03. The van der Waals surface area contributed by atoms with Crippen molar-refractivity contribution >= 4 is 11.9 Å². The second kappa shape index (κ2) is 7.74. The van der Waals surface area contributed by atoms with Gasteiger partial charge in [0, 0.05) is 5.56 Å². The molecule has 2 atom stereocenters. The van der Waals surface area contributed by atoms with Crippen LogP contribution in [0.5, 0.6) is 0 Å². The third-order valence-electron chi connectivity index (χ3n) is 4.39. The molecule has 1 aromatic rings. The van der Waals surface area contributed by atoms with Crippen molar-refractivity contribution in [1.29, 1.82) is 0 Å². The minimum absolute atomic E-state index is 0.0929. The van der Waals surface area contributed by atoms with Crippen LogP contribution in [-0.2, 0) is 9.47 Å². The van der Waals surface area contributed by atoms with Gasteiger partial charge in [0.25, 0.3) is 0 Å². The van der Waals surface area contributed by atoms with Crippen LogP contribution in [0, 0.1) is 5.82 Å². The largest absolute Gasteiger partial charge is 0.444 e. The summed E-state index contributed by atoms with van der Waals surface area (Å²) in [6.45, 7) is 9.30. The number of carbonyl (C=O) groups is 2. The monoisotopic (exact) mass is 365 g/mol. The Morgan fingerprint density at radius 1 is 1.31 bits per heavy atom. The van der Waals surface area contributed by atoms with Gasteiger partial charge in [-0.1, -0.05) is 13.3 Å². The molecule has 26 heavy (non-hydrogen) atoms. The van der Waals surface area contributed by atoms with Gasteiger partial charge in [-0.15, -0.1) is 0 Å². The van der Waals surface area contributed by atoms with Crippen molar-refractivity contribution in [3.63, 3.8) is 0 Å². The van der Waals surface area contributed by atoms with Crippen molar-refractivity contribution in [2.75, 3.05) is 6.61 Å². The Hall–Kier alpha value is -1.95. The van der Waals surface area contributed by atoms with Crippen molar-refractivity contribution in [3.8, 4) is 0 Å². The molecule has 2 rings (SSSR count). The van der Waals surface area contributed by atoms with Crippen LogP contribution < -0.4 is 0 Å². The number of benzene rings is 1. The summed E-state index contributed by atoms with van der Waals surface area (Å²) in [6.07, 6.45) is 1.83. The third-order valence-corrected chi connectivity index (χ3v) is 4.39. The van der Waals surface area contributed by atoms with Gasteiger partial charge in [-0.2, -0.15) is 0 Å². The smallest absolute Gasteiger partial charge is 0.413 e. The molecule has 1 amide bonds. The fourth-order valence-corrected chi connectivity index (χ4v) is 3.06.